The first-order chi connectivity index (χ1) is 12.9. The largest absolute Gasteiger partial charge is 0.491 e. The first kappa shape index (κ1) is 18.3. The summed E-state index contributed by atoms with van der Waals surface area (Å²) in [6.07, 6.45) is 7.36. The molecule has 0 heterocycles. The summed E-state index contributed by atoms with van der Waals surface area (Å²) in [6.45, 7) is 3.68. The molecule has 4 aliphatic rings. The summed E-state index contributed by atoms with van der Waals surface area (Å²) >= 11 is 0. The van der Waals surface area contributed by atoms with E-state index >= 15 is 0 Å². The van der Waals surface area contributed by atoms with Crippen LogP contribution in [0.4, 0.5) is 0 Å². The molecule has 5 nitrogen and oxygen atoms in total. The second-order valence-electron chi connectivity index (χ2n) is 9.01. The minimum absolute atomic E-state index is 0.0475. The van der Waals surface area contributed by atoms with Gasteiger partial charge < -0.3 is 14.8 Å². The maximum atomic E-state index is 12.4. The van der Waals surface area contributed by atoms with E-state index in [0.29, 0.717) is 11.3 Å². The lowest BCUT2D eigenvalue weighted by Gasteiger charge is -2.56. The Kier molecular flexibility index (Phi) is 4.87. The van der Waals surface area contributed by atoms with Gasteiger partial charge in [-0.25, -0.2) is 4.79 Å². The van der Waals surface area contributed by atoms with Crippen LogP contribution in [0.15, 0.2) is 24.3 Å². The van der Waals surface area contributed by atoms with Crippen LogP contribution in [0, 0.1) is 17.8 Å². The second kappa shape index (κ2) is 7.17. The molecule has 5 rings (SSSR count). The summed E-state index contributed by atoms with van der Waals surface area (Å²) in [6, 6.07) is 6.81. The second-order valence-corrected chi connectivity index (χ2v) is 9.01. The monoisotopic (exact) mass is 371 g/mol. The fourth-order valence-electron chi connectivity index (χ4n) is 5.75. The number of nitrogens with one attached hydrogen (secondary N) is 1. The number of carbonyl (C=O) groups excluding carboxylic acids is 2. The zero-order valence-corrected chi connectivity index (χ0v) is 16.2. The number of hydrogen-bond donors (Lipinski definition) is 1. The Morgan fingerprint density at radius 3 is 2.11 bits per heavy atom. The summed E-state index contributed by atoms with van der Waals surface area (Å²) < 4.78 is 10.8. The molecular formula is C22H29NO4. The van der Waals surface area contributed by atoms with Crippen molar-refractivity contribution in [3.8, 4) is 5.75 Å². The van der Waals surface area contributed by atoms with E-state index < -0.39 is 5.97 Å². The predicted molar refractivity (Wildman–Crippen MR) is 102 cm³/mol. The molecule has 27 heavy (non-hydrogen) atoms. The predicted octanol–water partition coefficient (Wildman–Crippen LogP) is 3.72. The molecule has 5 heteroatoms. The van der Waals surface area contributed by atoms with Gasteiger partial charge in [-0.2, -0.15) is 0 Å². The topological polar surface area (TPSA) is 64.6 Å². The van der Waals surface area contributed by atoms with Crippen LogP contribution in [0.1, 0.15) is 62.7 Å². The number of ether oxygens (including phenoxy) is 2. The normalized spacial score (nSPS) is 31.0. The Hall–Kier alpha value is -2.04. The molecule has 0 unspecified atom stereocenters. The molecule has 0 aliphatic heterocycles. The fraction of sp³-hybridized carbons (Fsp3) is 0.636. The number of rotatable bonds is 6. The molecule has 0 saturated heterocycles. The highest BCUT2D eigenvalue weighted by Gasteiger charge is 2.51. The van der Waals surface area contributed by atoms with E-state index in [2.05, 4.69) is 5.32 Å². The van der Waals surface area contributed by atoms with E-state index in [1.807, 2.05) is 13.8 Å². The van der Waals surface area contributed by atoms with Crippen LogP contribution >= 0.6 is 0 Å². The Bertz CT molecular complexity index is 674. The van der Waals surface area contributed by atoms with Crippen LogP contribution in [0.3, 0.4) is 0 Å². The van der Waals surface area contributed by atoms with Gasteiger partial charge in [0.15, 0.2) is 6.61 Å². The minimum Gasteiger partial charge on any atom is -0.491 e. The van der Waals surface area contributed by atoms with Gasteiger partial charge in [0.2, 0.25) is 0 Å². The number of esters is 1. The third-order valence-electron chi connectivity index (χ3n) is 6.24. The van der Waals surface area contributed by atoms with Crippen LogP contribution in [-0.4, -0.2) is 30.1 Å². The van der Waals surface area contributed by atoms with Crippen molar-refractivity contribution in [3.63, 3.8) is 0 Å². The van der Waals surface area contributed by atoms with E-state index in [9.17, 15) is 9.59 Å². The van der Waals surface area contributed by atoms with Crippen molar-refractivity contribution in [2.45, 2.75) is 64.0 Å². The average Bonchev–Trinajstić information content (AvgIpc) is 2.58. The van der Waals surface area contributed by atoms with E-state index in [0.717, 1.165) is 37.0 Å². The molecule has 0 spiro atoms. The molecule has 1 aromatic carbocycles. The summed E-state index contributed by atoms with van der Waals surface area (Å²) in [5.41, 5.74) is 0.377. The first-order valence-electron chi connectivity index (χ1n) is 10.2. The van der Waals surface area contributed by atoms with Crippen molar-refractivity contribution < 1.29 is 19.1 Å². The highest BCUT2D eigenvalue weighted by Crippen LogP contribution is 2.55. The summed E-state index contributed by atoms with van der Waals surface area (Å²) in [5, 5.41) is 3.23. The Morgan fingerprint density at radius 2 is 1.59 bits per heavy atom. The zero-order chi connectivity index (χ0) is 19.0. The van der Waals surface area contributed by atoms with E-state index in [-0.39, 0.29) is 24.2 Å². The smallest absolute Gasteiger partial charge is 0.338 e. The molecule has 1 aromatic rings. The number of hydrogen-bond acceptors (Lipinski definition) is 4. The molecule has 4 saturated carbocycles. The van der Waals surface area contributed by atoms with Crippen molar-refractivity contribution in [2.75, 3.05) is 6.61 Å². The lowest BCUT2D eigenvalue weighted by molar-refractivity contribution is -0.130. The molecule has 4 bridgehead atoms. The maximum Gasteiger partial charge on any atom is 0.338 e. The van der Waals surface area contributed by atoms with Crippen molar-refractivity contribution >= 4 is 11.9 Å². The van der Waals surface area contributed by atoms with Gasteiger partial charge in [0.1, 0.15) is 5.75 Å². The molecule has 4 fully saturated rings. The van der Waals surface area contributed by atoms with Gasteiger partial charge in [-0.15, -0.1) is 0 Å². The lowest BCUT2D eigenvalue weighted by Crippen LogP contribution is -2.60. The third kappa shape index (κ3) is 4.12. The Labute approximate surface area is 160 Å². The Balaban J connectivity index is 1.28. The van der Waals surface area contributed by atoms with Crippen LogP contribution in [-0.2, 0) is 9.53 Å². The first-order valence-corrected chi connectivity index (χ1v) is 10.2. The van der Waals surface area contributed by atoms with Crippen molar-refractivity contribution in [1.29, 1.82) is 0 Å². The standard InChI is InChI=1S/C22H29NO4/c1-14(2)27-19-5-3-18(4-6-19)21(25)26-13-20(24)23-22-10-15-7-16(11-22)9-17(8-15)12-22/h3-6,14-17H,7-13H2,1-2H3,(H,23,24). The van der Waals surface area contributed by atoms with E-state index in [4.69, 9.17) is 9.47 Å². The molecule has 1 N–H and O–H groups in total. The van der Waals surface area contributed by atoms with Crippen molar-refractivity contribution in [1.82, 2.24) is 5.32 Å². The maximum absolute atomic E-state index is 12.4. The van der Waals surface area contributed by atoms with Gasteiger partial charge in [-0.1, -0.05) is 0 Å². The average molecular weight is 371 g/mol. The van der Waals surface area contributed by atoms with Gasteiger partial charge in [0.25, 0.3) is 5.91 Å². The van der Waals surface area contributed by atoms with E-state index in [1.54, 1.807) is 24.3 Å². The number of amides is 1. The molecule has 4 aliphatic carbocycles. The van der Waals surface area contributed by atoms with Gasteiger partial charge in [-0.3, -0.25) is 4.79 Å². The molecule has 1 amide bonds. The highest BCUT2D eigenvalue weighted by atomic mass is 16.5. The van der Waals surface area contributed by atoms with Gasteiger partial charge in [-0.05, 0) is 94.4 Å². The number of benzene rings is 1. The zero-order valence-electron chi connectivity index (χ0n) is 16.2. The van der Waals surface area contributed by atoms with Crippen molar-refractivity contribution in [2.24, 2.45) is 17.8 Å². The lowest BCUT2D eigenvalue weighted by atomic mass is 9.53. The van der Waals surface area contributed by atoms with Crippen LogP contribution in [0.25, 0.3) is 0 Å². The third-order valence-corrected chi connectivity index (χ3v) is 6.24. The molecule has 0 aromatic heterocycles. The van der Waals surface area contributed by atoms with Crippen LogP contribution in [0.5, 0.6) is 5.75 Å². The summed E-state index contributed by atoms with van der Waals surface area (Å²) in [4.78, 5) is 24.6. The Morgan fingerprint density at radius 1 is 1.04 bits per heavy atom. The minimum atomic E-state index is -0.480. The summed E-state index contributed by atoms with van der Waals surface area (Å²) in [5.74, 6) is 2.36. The summed E-state index contributed by atoms with van der Waals surface area (Å²) in [7, 11) is 0. The van der Waals surface area contributed by atoms with Gasteiger partial charge in [0.05, 0.1) is 11.7 Å². The quantitative estimate of drug-likeness (QED) is 0.774. The molecular weight excluding hydrogens is 342 g/mol. The van der Waals surface area contributed by atoms with E-state index in [1.165, 1.54) is 19.3 Å². The number of carbonyl (C=O) groups is 2. The molecule has 0 radical (unpaired) electrons. The molecule has 146 valence electrons. The SMILES string of the molecule is CC(C)Oc1ccc(C(=O)OCC(=O)NC23CC4CC(CC(C4)C2)C3)cc1. The fourth-order valence-corrected chi connectivity index (χ4v) is 5.75. The van der Waals surface area contributed by atoms with Crippen molar-refractivity contribution in [3.05, 3.63) is 29.8 Å². The highest BCUT2D eigenvalue weighted by molar-refractivity contribution is 5.91. The van der Waals surface area contributed by atoms with Gasteiger partial charge >= 0.3 is 5.97 Å². The molecule has 0 atom stereocenters. The van der Waals surface area contributed by atoms with Crippen LogP contribution < -0.4 is 10.1 Å². The van der Waals surface area contributed by atoms with Gasteiger partial charge in [0, 0.05) is 5.54 Å². The van der Waals surface area contributed by atoms with Crippen LogP contribution in [0.2, 0.25) is 0 Å².